The van der Waals surface area contributed by atoms with Crippen molar-refractivity contribution in [3.05, 3.63) is 94.4 Å². The molecule has 168 valence electrons. The van der Waals surface area contributed by atoms with E-state index in [0.29, 0.717) is 39.9 Å². The summed E-state index contributed by atoms with van der Waals surface area (Å²) in [5, 5.41) is 13.0. The van der Waals surface area contributed by atoms with Gasteiger partial charge in [0.25, 0.3) is 5.56 Å². The minimum Gasteiger partial charge on any atom is -0.481 e. The van der Waals surface area contributed by atoms with Crippen molar-refractivity contribution in [3.8, 4) is 17.1 Å². The number of aliphatic hydroxyl groups is 1. The highest BCUT2D eigenvalue weighted by Gasteiger charge is 2.16. The van der Waals surface area contributed by atoms with E-state index < -0.39 is 6.04 Å². The van der Waals surface area contributed by atoms with E-state index in [4.69, 9.17) is 4.74 Å². The van der Waals surface area contributed by atoms with Crippen molar-refractivity contribution >= 4 is 11.6 Å². The lowest BCUT2D eigenvalue weighted by atomic mass is 10.0. The number of benzene rings is 1. The van der Waals surface area contributed by atoms with Crippen molar-refractivity contribution in [2.24, 2.45) is 0 Å². The molecule has 2 N–H and O–H groups in total. The van der Waals surface area contributed by atoms with E-state index in [0.717, 1.165) is 0 Å². The Morgan fingerprint density at radius 1 is 1.12 bits per heavy atom. The number of methoxy groups -OCH3 is 1. The Hall–Kier alpha value is -4.11. The van der Waals surface area contributed by atoms with Gasteiger partial charge in [0.1, 0.15) is 5.82 Å². The zero-order valence-corrected chi connectivity index (χ0v) is 18.1. The molecule has 4 rings (SSSR count). The summed E-state index contributed by atoms with van der Waals surface area (Å²) in [7, 11) is 1.53. The molecular formula is C24H22FN5O3. The number of ether oxygens (including phenoxy) is 1. The number of anilines is 2. The molecule has 3 aromatic heterocycles. The average molecular weight is 447 g/mol. The third-order valence-electron chi connectivity index (χ3n) is 5.19. The van der Waals surface area contributed by atoms with E-state index in [-0.39, 0.29) is 18.0 Å². The molecule has 9 heteroatoms. The molecule has 0 aliphatic rings. The van der Waals surface area contributed by atoms with Crippen molar-refractivity contribution in [2.45, 2.75) is 13.0 Å². The Morgan fingerprint density at radius 2 is 1.94 bits per heavy atom. The smallest absolute Gasteiger partial charge is 0.251 e. The van der Waals surface area contributed by atoms with Crippen molar-refractivity contribution in [1.82, 2.24) is 19.5 Å². The van der Waals surface area contributed by atoms with Gasteiger partial charge >= 0.3 is 0 Å². The van der Waals surface area contributed by atoms with Gasteiger partial charge in [-0.3, -0.25) is 4.79 Å². The van der Waals surface area contributed by atoms with E-state index in [9.17, 15) is 14.3 Å². The Labute approximate surface area is 189 Å². The zero-order valence-electron chi connectivity index (χ0n) is 18.1. The van der Waals surface area contributed by atoms with Crippen LogP contribution in [-0.2, 0) is 0 Å². The highest BCUT2D eigenvalue weighted by molar-refractivity contribution is 5.61. The molecule has 1 atom stereocenters. The van der Waals surface area contributed by atoms with E-state index in [2.05, 4.69) is 20.3 Å². The number of aryl methyl sites for hydroxylation is 1. The Kier molecular flexibility index (Phi) is 6.41. The predicted octanol–water partition coefficient (Wildman–Crippen LogP) is 3.48. The molecule has 0 aliphatic carbocycles. The monoisotopic (exact) mass is 447 g/mol. The highest BCUT2D eigenvalue weighted by atomic mass is 19.1. The number of nitrogens with zero attached hydrogens (tertiary/aromatic N) is 4. The van der Waals surface area contributed by atoms with Gasteiger partial charge in [0.15, 0.2) is 0 Å². The molecule has 0 unspecified atom stereocenters. The highest BCUT2D eigenvalue weighted by Crippen LogP contribution is 2.22. The van der Waals surface area contributed by atoms with Gasteiger partial charge in [-0.05, 0) is 42.3 Å². The van der Waals surface area contributed by atoms with E-state index >= 15 is 0 Å². The third kappa shape index (κ3) is 4.88. The van der Waals surface area contributed by atoms with Crippen molar-refractivity contribution in [2.75, 3.05) is 19.0 Å². The number of hydrogen-bond donors (Lipinski definition) is 2. The maximum absolute atomic E-state index is 14.0. The fourth-order valence-electron chi connectivity index (χ4n) is 3.38. The van der Waals surface area contributed by atoms with Crippen molar-refractivity contribution < 1.29 is 14.2 Å². The zero-order chi connectivity index (χ0) is 23.4. The van der Waals surface area contributed by atoms with Gasteiger partial charge < -0.3 is 19.7 Å². The average Bonchev–Trinajstić information content (AvgIpc) is 2.83. The molecule has 0 aliphatic heterocycles. The maximum atomic E-state index is 14.0. The molecule has 0 amide bonds. The van der Waals surface area contributed by atoms with E-state index in [1.807, 2.05) is 0 Å². The van der Waals surface area contributed by atoms with Gasteiger partial charge in [-0.1, -0.05) is 12.1 Å². The van der Waals surface area contributed by atoms with Crippen LogP contribution < -0.4 is 15.6 Å². The molecule has 8 nitrogen and oxygen atoms in total. The largest absolute Gasteiger partial charge is 0.481 e. The number of aromatic nitrogens is 4. The van der Waals surface area contributed by atoms with Crippen LogP contribution in [0.3, 0.4) is 0 Å². The number of hydrogen-bond acceptors (Lipinski definition) is 7. The van der Waals surface area contributed by atoms with Gasteiger partial charge in [0, 0.05) is 42.0 Å². The number of halogens is 1. The molecular weight excluding hydrogens is 425 g/mol. The number of aliphatic hydroxyl groups excluding tert-OH is 1. The topological polar surface area (TPSA) is 102 Å². The lowest BCUT2D eigenvalue weighted by Crippen LogP contribution is -2.27. The molecule has 0 bridgehead atoms. The quantitative estimate of drug-likeness (QED) is 0.447. The van der Waals surface area contributed by atoms with Crippen LogP contribution in [0.1, 0.15) is 17.2 Å². The van der Waals surface area contributed by atoms with Gasteiger partial charge in [-0.2, -0.15) is 0 Å². The summed E-state index contributed by atoms with van der Waals surface area (Å²) >= 11 is 0. The Morgan fingerprint density at radius 3 is 2.67 bits per heavy atom. The second-order valence-corrected chi connectivity index (χ2v) is 7.35. The van der Waals surface area contributed by atoms with E-state index in [1.165, 1.54) is 23.8 Å². The fourth-order valence-corrected chi connectivity index (χ4v) is 3.38. The Balaban J connectivity index is 1.61. The van der Waals surface area contributed by atoms with Crippen LogP contribution in [0.5, 0.6) is 5.88 Å². The molecule has 0 fully saturated rings. The van der Waals surface area contributed by atoms with Crippen LogP contribution >= 0.6 is 0 Å². The third-order valence-corrected chi connectivity index (χ3v) is 5.19. The summed E-state index contributed by atoms with van der Waals surface area (Å²) in [6.07, 6.45) is 4.75. The van der Waals surface area contributed by atoms with Crippen molar-refractivity contribution in [1.29, 1.82) is 0 Å². The molecule has 4 aromatic rings. The summed E-state index contributed by atoms with van der Waals surface area (Å²) in [6, 6.07) is 12.3. The minimum absolute atomic E-state index is 0.341. The number of pyridine rings is 2. The second kappa shape index (κ2) is 9.58. The first kappa shape index (κ1) is 22.1. The first-order valence-electron chi connectivity index (χ1n) is 10.2. The molecule has 0 radical (unpaired) electrons. The first-order valence-corrected chi connectivity index (χ1v) is 10.2. The normalized spacial score (nSPS) is 11.8. The molecule has 0 saturated carbocycles. The number of nitrogens with one attached hydrogen (secondary N) is 1. The van der Waals surface area contributed by atoms with Crippen LogP contribution in [-0.4, -0.2) is 38.3 Å². The van der Waals surface area contributed by atoms with Crippen LogP contribution in [0, 0.1) is 12.7 Å². The maximum Gasteiger partial charge on any atom is 0.251 e. The molecule has 3 heterocycles. The van der Waals surface area contributed by atoms with Gasteiger partial charge in [-0.15, -0.1) is 0 Å². The van der Waals surface area contributed by atoms with Crippen LogP contribution in [0.15, 0.2) is 71.9 Å². The summed E-state index contributed by atoms with van der Waals surface area (Å²) < 4.78 is 20.5. The van der Waals surface area contributed by atoms with Crippen molar-refractivity contribution in [3.63, 3.8) is 0 Å². The van der Waals surface area contributed by atoms with Gasteiger partial charge in [-0.25, -0.2) is 19.3 Å². The lowest BCUT2D eigenvalue weighted by molar-refractivity contribution is 0.246. The van der Waals surface area contributed by atoms with Crippen LogP contribution in [0.2, 0.25) is 0 Å². The summed E-state index contributed by atoms with van der Waals surface area (Å²) in [4.78, 5) is 25.6. The molecule has 33 heavy (non-hydrogen) atoms. The minimum atomic E-state index is -0.703. The fraction of sp³-hybridized carbons (Fsp3) is 0.167. The lowest BCUT2D eigenvalue weighted by Gasteiger charge is -2.19. The molecule has 1 aromatic carbocycles. The van der Waals surface area contributed by atoms with Gasteiger partial charge in [0.05, 0.1) is 25.5 Å². The molecule has 0 spiro atoms. The predicted molar refractivity (Wildman–Crippen MR) is 122 cm³/mol. The van der Waals surface area contributed by atoms with Crippen LogP contribution in [0.4, 0.5) is 16.0 Å². The summed E-state index contributed by atoms with van der Waals surface area (Å²) in [6.45, 7) is 1.31. The standard InChI is InChI=1S/C24H22FN5O3/c1-15-3-4-17(11-19(15)25)21(14-31)30-10-7-16(12-23(30)32)20-6-9-27-24(29-20)28-18-5-8-26-22(13-18)33-2/h3-13,21,31H,14H2,1-2H3,(H,26,27,28,29)/t21-/m1/s1. The summed E-state index contributed by atoms with van der Waals surface area (Å²) in [5.74, 6) is 0.406. The second-order valence-electron chi connectivity index (χ2n) is 7.35. The van der Waals surface area contributed by atoms with E-state index in [1.54, 1.807) is 61.9 Å². The summed E-state index contributed by atoms with van der Waals surface area (Å²) in [5.41, 5.74) is 2.49. The SMILES string of the molecule is COc1cc(Nc2nccc(-c3ccn([C@H](CO)c4ccc(C)c(F)c4)c(=O)c3)n2)ccn1. The first-order chi connectivity index (χ1) is 16.0. The number of rotatable bonds is 7. The van der Waals surface area contributed by atoms with Crippen LogP contribution in [0.25, 0.3) is 11.3 Å². The Bertz CT molecular complexity index is 1340. The van der Waals surface area contributed by atoms with Gasteiger partial charge in [0.2, 0.25) is 11.8 Å². The molecule has 0 saturated heterocycles.